The largest absolute Gasteiger partial charge is 0.433 e. The zero-order valence-corrected chi connectivity index (χ0v) is 10.3. The molecule has 0 saturated carbocycles. The highest BCUT2D eigenvalue weighted by atomic mass is 19.4. The Kier molecular flexibility index (Phi) is 4.26. The second kappa shape index (κ2) is 5.32. The van der Waals surface area contributed by atoms with E-state index in [0.717, 1.165) is 6.07 Å². The maximum atomic E-state index is 12.5. The van der Waals surface area contributed by atoms with Crippen molar-refractivity contribution in [3.63, 3.8) is 0 Å². The summed E-state index contributed by atoms with van der Waals surface area (Å²) in [5, 5.41) is 2.52. The highest BCUT2D eigenvalue weighted by Crippen LogP contribution is 2.27. The lowest BCUT2D eigenvalue weighted by Gasteiger charge is -2.12. The Labute approximate surface area is 103 Å². The molecule has 1 aromatic heterocycles. The molecule has 0 saturated heterocycles. The van der Waals surface area contributed by atoms with E-state index >= 15 is 0 Å². The summed E-state index contributed by atoms with van der Waals surface area (Å²) in [4.78, 5) is 18.6. The van der Waals surface area contributed by atoms with Crippen molar-refractivity contribution in [3.05, 3.63) is 23.3 Å². The van der Waals surface area contributed by atoms with E-state index in [2.05, 4.69) is 15.3 Å². The molecule has 0 aliphatic rings. The Balaban J connectivity index is 3.03. The number of rotatable bonds is 3. The SMILES string of the molecule is CCC(C)NC(=O)c1nc(C)cc(C(F)(F)F)n1. The second-order valence-electron chi connectivity index (χ2n) is 4.00. The first-order valence-electron chi connectivity index (χ1n) is 5.47. The van der Waals surface area contributed by atoms with Gasteiger partial charge < -0.3 is 5.32 Å². The topological polar surface area (TPSA) is 54.9 Å². The van der Waals surface area contributed by atoms with Gasteiger partial charge in [0, 0.05) is 11.7 Å². The first-order chi connectivity index (χ1) is 8.24. The molecule has 7 heteroatoms. The molecule has 0 spiro atoms. The van der Waals surface area contributed by atoms with Gasteiger partial charge in [-0.25, -0.2) is 9.97 Å². The number of nitrogens with zero attached hydrogens (tertiary/aromatic N) is 2. The van der Waals surface area contributed by atoms with Crippen LogP contribution in [0.5, 0.6) is 0 Å². The van der Waals surface area contributed by atoms with Crippen LogP contribution >= 0.6 is 0 Å². The number of carbonyl (C=O) groups is 1. The average molecular weight is 261 g/mol. The van der Waals surface area contributed by atoms with E-state index in [1.807, 2.05) is 6.92 Å². The van der Waals surface area contributed by atoms with Crippen LogP contribution in [0.2, 0.25) is 0 Å². The summed E-state index contributed by atoms with van der Waals surface area (Å²) in [6.07, 6.45) is -3.91. The average Bonchev–Trinajstić information content (AvgIpc) is 2.26. The molecule has 1 heterocycles. The number of carbonyl (C=O) groups excluding carboxylic acids is 1. The molecule has 1 rings (SSSR count). The first-order valence-corrected chi connectivity index (χ1v) is 5.47. The van der Waals surface area contributed by atoms with Crippen LogP contribution in [0.1, 0.15) is 42.3 Å². The third-order valence-electron chi connectivity index (χ3n) is 2.34. The quantitative estimate of drug-likeness (QED) is 0.908. The molecule has 4 nitrogen and oxygen atoms in total. The number of alkyl halides is 3. The fourth-order valence-electron chi connectivity index (χ4n) is 1.21. The summed E-state index contributed by atoms with van der Waals surface area (Å²) < 4.78 is 37.6. The van der Waals surface area contributed by atoms with Crippen LogP contribution in [-0.2, 0) is 6.18 Å². The minimum absolute atomic E-state index is 0.103. The van der Waals surface area contributed by atoms with Crippen LogP contribution < -0.4 is 5.32 Å². The molecule has 1 atom stereocenters. The van der Waals surface area contributed by atoms with E-state index in [4.69, 9.17) is 0 Å². The van der Waals surface area contributed by atoms with Gasteiger partial charge >= 0.3 is 6.18 Å². The van der Waals surface area contributed by atoms with E-state index in [1.54, 1.807) is 6.92 Å². The predicted octanol–water partition coefficient (Wildman–Crippen LogP) is 2.33. The summed E-state index contributed by atoms with van der Waals surface area (Å²) in [6.45, 7) is 4.98. The van der Waals surface area contributed by atoms with Crippen molar-refractivity contribution >= 4 is 5.91 Å². The van der Waals surface area contributed by atoms with Gasteiger partial charge in [0.2, 0.25) is 5.82 Å². The van der Waals surface area contributed by atoms with E-state index in [-0.39, 0.29) is 11.7 Å². The third-order valence-corrected chi connectivity index (χ3v) is 2.34. The lowest BCUT2D eigenvalue weighted by molar-refractivity contribution is -0.141. The molecule has 0 aliphatic carbocycles. The zero-order chi connectivity index (χ0) is 13.9. The normalized spacial score (nSPS) is 13.2. The van der Waals surface area contributed by atoms with Gasteiger partial charge in [-0.1, -0.05) is 6.92 Å². The van der Waals surface area contributed by atoms with Gasteiger partial charge in [0.25, 0.3) is 5.91 Å². The lowest BCUT2D eigenvalue weighted by atomic mass is 10.2. The second-order valence-corrected chi connectivity index (χ2v) is 4.00. The minimum atomic E-state index is -4.58. The van der Waals surface area contributed by atoms with Crippen LogP contribution in [0.4, 0.5) is 13.2 Å². The molecule has 100 valence electrons. The molecule has 0 radical (unpaired) electrons. The molecule has 18 heavy (non-hydrogen) atoms. The fourth-order valence-corrected chi connectivity index (χ4v) is 1.21. The van der Waals surface area contributed by atoms with E-state index in [0.29, 0.717) is 6.42 Å². The summed E-state index contributed by atoms with van der Waals surface area (Å²) in [6, 6.07) is 0.663. The van der Waals surface area contributed by atoms with E-state index in [1.165, 1.54) is 6.92 Å². The highest BCUT2D eigenvalue weighted by molar-refractivity contribution is 5.90. The molecule has 1 unspecified atom stereocenters. The number of hydrogen-bond donors (Lipinski definition) is 1. The van der Waals surface area contributed by atoms with Crippen molar-refractivity contribution in [2.75, 3.05) is 0 Å². The molecule has 0 aromatic carbocycles. The minimum Gasteiger partial charge on any atom is -0.347 e. The first kappa shape index (κ1) is 14.4. The molecular formula is C11H14F3N3O. The Bertz CT molecular complexity index is 446. The van der Waals surface area contributed by atoms with Crippen molar-refractivity contribution in [3.8, 4) is 0 Å². The molecule has 1 N–H and O–H groups in total. The smallest absolute Gasteiger partial charge is 0.347 e. The van der Waals surface area contributed by atoms with Crippen LogP contribution in [0, 0.1) is 6.92 Å². The van der Waals surface area contributed by atoms with Crippen molar-refractivity contribution in [2.24, 2.45) is 0 Å². The highest BCUT2D eigenvalue weighted by Gasteiger charge is 2.34. The van der Waals surface area contributed by atoms with E-state index < -0.39 is 23.6 Å². The van der Waals surface area contributed by atoms with Gasteiger partial charge in [-0.05, 0) is 26.3 Å². The Morgan fingerprint density at radius 3 is 2.56 bits per heavy atom. The number of nitrogens with one attached hydrogen (secondary N) is 1. The van der Waals surface area contributed by atoms with Crippen LogP contribution in [-0.4, -0.2) is 21.9 Å². The van der Waals surface area contributed by atoms with E-state index in [9.17, 15) is 18.0 Å². The van der Waals surface area contributed by atoms with Crippen LogP contribution in [0.15, 0.2) is 6.07 Å². The number of halogens is 3. The fraction of sp³-hybridized carbons (Fsp3) is 0.545. The number of aromatic nitrogens is 2. The summed E-state index contributed by atoms with van der Waals surface area (Å²) in [5.41, 5.74) is -1.00. The molecule has 0 aliphatic heterocycles. The van der Waals surface area contributed by atoms with Crippen LogP contribution in [0.3, 0.4) is 0 Å². The van der Waals surface area contributed by atoms with Crippen molar-refractivity contribution in [1.82, 2.24) is 15.3 Å². The van der Waals surface area contributed by atoms with Gasteiger partial charge in [0.05, 0.1) is 0 Å². The Morgan fingerprint density at radius 2 is 2.06 bits per heavy atom. The molecule has 1 amide bonds. The number of amides is 1. The molecular weight excluding hydrogens is 247 g/mol. The van der Waals surface area contributed by atoms with Crippen molar-refractivity contribution in [2.45, 2.75) is 39.4 Å². The monoisotopic (exact) mass is 261 g/mol. The Morgan fingerprint density at radius 1 is 1.44 bits per heavy atom. The molecule has 0 fully saturated rings. The maximum Gasteiger partial charge on any atom is 0.433 e. The number of aryl methyl sites for hydroxylation is 1. The zero-order valence-electron chi connectivity index (χ0n) is 10.3. The summed E-state index contributed by atoms with van der Waals surface area (Å²) in [7, 11) is 0. The molecule has 1 aromatic rings. The van der Waals surface area contributed by atoms with Crippen molar-refractivity contribution in [1.29, 1.82) is 0 Å². The van der Waals surface area contributed by atoms with Gasteiger partial charge in [-0.15, -0.1) is 0 Å². The Hall–Kier alpha value is -1.66. The molecule has 0 bridgehead atoms. The van der Waals surface area contributed by atoms with Gasteiger partial charge in [0.15, 0.2) is 0 Å². The lowest BCUT2D eigenvalue weighted by Crippen LogP contribution is -2.33. The third kappa shape index (κ3) is 3.68. The predicted molar refractivity (Wildman–Crippen MR) is 59.0 cm³/mol. The standard InChI is InChI=1S/C11H14F3N3O/c1-4-6(2)16-10(18)9-15-7(3)5-8(17-9)11(12,13)14/h5-6H,4H2,1-3H3,(H,16,18). The van der Waals surface area contributed by atoms with Gasteiger partial charge in [0.1, 0.15) is 5.69 Å². The van der Waals surface area contributed by atoms with Crippen LogP contribution in [0.25, 0.3) is 0 Å². The van der Waals surface area contributed by atoms with Gasteiger partial charge in [-0.3, -0.25) is 4.79 Å². The number of hydrogen-bond acceptors (Lipinski definition) is 3. The van der Waals surface area contributed by atoms with Crippen molar-refractivity contribution < 1.29 is 18.0 Å². The summed E-state index contributed by atoms with van der Waals surface area (Å²) >= 11 is 0. The summed E-state index contributed by atoms with van der Waals surface area (Å²) in [5.74, 6) is -1.15. The van der Waals surface area contributed by atoms with Gasteiger partial charge in [-0.2, -0.15) is 13.2 Å². The maximum absolute atomic E-state index is 12.5.